The number of nitrogens with zero attached hydrogens (tertiary/aromatic N) is 4. The average molecular weight is 381 g/mol. The van der Waals surface area contributed by atoms with Gasteiger partial charge in [0.25, 0.3) is 0 Å². The zero-order chi connectivity index (χ0) is 20.1. The molecule has 0 fully saturated rings. The number of amides is 1. The molecule has 0 aliphatic carbocycles. The lowest BCUT2D eigenvalue weighted by Crippen LogP contribution is -2.40. The standard InChI is InChI=1S/C20H23N5O3/c1-13(10-16-8-9-18(26)19(27)12-16)21-20(28)17(25-14(2)22-23-24-25)11-15-6-4-3-5-7-15/h3-9,12-13,17,26-27H,10-11H2,1-2H3,(H,21,28)/t13-,17-/m1/s1. The van der Waals surface area contributed by atoms with Crippen LogP contribution in [-0.2, 0) is 17.6 Å². The summed E-state index contributed by atoms with van der Waals surface area (Å²) in [6, 6.07) is 13.6. The van der Waals surface area contributed by atoms with Crippen LogP contribution in [0.25, 0.3) is 0 Å². The molecule has 3 aromatic rings. The molecule has 3 rings (SSSR count). The Labute approximate surface area is 162 Å². The van der Waals surface area contributed by atoms with Crippen molar-refractivity contribution in [1.29, 1.82) is 0 Å². The first-order valence-electron chi connectivity index (χ1n) is 9.03. The zero-order valence-electron chi connectivity index (χ0n) is 15.8. The minimum atomic E-state index is -0.576. The molecule has 2 aromatic carbocycles. The van der Waals surface area contributed by atoms with Crippen molar-refractivity contribution in [2.24, 2.45) is 0 Å². The lowest BCUT2D eigenvalue weighted by Gasteiger charge is -2.21. The Bertz CT molecular complexity index is 942. The molecule has 28 heavy (non-hydrogen) atoms. The van der Waals surface area contributed by atoms with Gasteiger partial charge in [-0.15, -0.1) is 5.10 Å². The van der Waals surface area contributed by atoms with E-state index in [0.29, 0.717) is 18.7 Å². The highest BCUT2D eigenvalue weighted by Crippen LogP contribution is 2.25. The molecule has 0 radical (unpaired) electrons. The average Bonchev–Trinajstić information content (AvgIpc) is 3.09. The molecule has 1 amide bonds. The van der Waals surface area contributed by atoms with Crippen molar-refractivity contribution in [3.05, 3.63) is 65.5 Å². The van der Waals surface area contributed by atoms with Crippen LogP contribution in [0.4, 0.5) is 0 Å². The highest BCUT2D eigenvalue weighted by Gasteiger charge is 2.25. The van der Waals surface area contributed by atoms with E-state index in [0.717, 1.165) is 11.1 Å². The van der Waals surface area contributed by atoms with Gasteiger partial charge in [-0.3, -0.25) is 4.79 Å². The number of benzene rings is 2. The van der Waals surface area contributed by atoms with E-state index in [-0.39, 0.29) is 23.4 Å². The number of carbonyl (C=O) groups is 1. The number of aromatic nitrogens is 4. The van der Waals surface area contributed by atoms with E-state index >= 15 is 0 Å². The van der Waals surface area contributed by atoms with E-state index in [1.54, 1.807) is 13.0 Å². The molecule has 146 valence electrons. The van der Waals surface area contributed by atoms with Crippen LogP contribution < -0.4 is 5.32 Å². The third kappa shape index (κ3) is 4.64. The highest BCUT2D eigenvalue weighted by molar-refractivity contribution is 5.80. The molecule has 0 saturated heterocycles. The van der Waals surface area contributed by atoms with Gasteiger partial charge in [0.15, 0.2) is 11.5 Å². The number of rotatable bonds is 7. The molecule has 8 heteroatoms. The topological polar surface area (TPSA) is 113 Å². The van der Waals surface area contributed by atoms with Gasteiger partial charge in [0, 0.05) is 12.5 Å². The second-order valence-electron chi connectivity index (χ2n) is 6.81. The van der Waals surface area contributed by atoms with Gasteiger partial charge in [0.2, 0.25) is 5.91 Å². The Morgan fingerprint density at radius 3 is 2.46 bits per heavy atom. The maximum absolute atomic E-state index is 13.0. The highest BCUT2D eigenvalue weighted by atomic mass is 16.3. The SMILES string of the molecule is Cc1nnnn1[C@H](Cc1ccccc1)C(=O)N[C@H](C)Cc1ccc(O)c(O)c1. The van der Waals surface area contributed by atoms with Crippen LogP contribution in [0.1, 0.15) is 29.9 Å². The molecule has 0 aliphatic rings. The van der Waals surface area contributed by atoms with Crippen LogP contribution in [0.15, 0.2) is 48.5 Å². The molecule has 0 unspecified atom stereocenters. The van der Waals surface area contributed by atoms with Crippen LogP contribution in [0.2, 0.25) is 0 Å². The molecular weight excluding hydrogens is 358 g/mol. The molecule has 8 nitrogen and oxygen atoms in total. The summed E-state index contributed by atoms with van der Waals surface area (Å²) >= 11 is 0. The van der Waals surface area contributed by atoms with E-state index in [4.69, 9.17) is 0 Å². The van der Waals surface area contributed by atoms with Crippen molar-refractivity contribution in [2.45, 2.75) is 38.8 Å². The fraction of sp³-hybridized carbons (Fsp3) is 0.300. The second-order valence-corrected chi connectivity index (χ2v) is 6.81. The number of phenols is 2. The normalized spacial score (nSPS) is 13.1. The summed E-state index contributed by atoms with van der Waals surface area (Å²) in [7, 11) is 0. The minimum absolute atomic E-state index is 0.169. The molecular formula is C20H23N5O3. The molecule has 1 aromatic heterocycles. The van der Waals surface area contributed by atoms with Crippen molar-refractivity contribution >= 4 is 5.91 Å². The minimum Gasteiger partial charge on any atom is -0.504 e. The fourth-order valence-electron chi connectivity index (χ4n) is 3.09. The Morgan fingerprint density at radius 2 is 1.82 bits per heavy atom. The lowest BCUT2D eigenvalue weighted by molar-refractivity contribution is -0.125. The van der Waals surface area contributed by atoms with Gasteiger partial charge in [0.05, 0.1) is 0 Å². The van der Waals surface area contributed by atoms with Crippen molar-refractivity contribution < 1.29 is 15.0 Å². The number of aromatic hydroxyl groups is 2. The third-order valence-corrected chi connectivity index (χ3v) is 4.50. The van der Waals surface area contributed by atoms with Crippen LogP contribution in [-0.4, -0.2) is 42.4 Å². The quantitative estimate of drug-likeness (QED) is 0.539. The number of hydrogen-bond acceptors (Lipinski definition) is 6. The van der Waals surface area contributed by atoms with Gasteiger partial charge in [-0.1, -0.05) is 36.4 Å². The third-order valence-electron chi connectivity index (χ3n) is 4.50. The molecule has 0 spiro atoms. The Morgan fingerprint density at radius 1 is 1.07 bits per heavy atom. The first-order chi connectivity index (χ1) is 13.4. The van der Waals surface area contributed by atoms with E-state index in [9.17, 15) is 15.0 Å². The molecule has 2 atom stereocenters. The number of carbonyl (C=O) groups excluding carboxylic acids is 1. The van der Waals surface area contributed by atoms with Crippen LogP contribution >= 0.6 is 0 Å². The summed E-state index contributed by atoms with van der Waals surface area (Å²) in [5.74, 6) is 0.0294. The first kappa shape index (κ1) is 19.3. The summed E-state index contributed by atoms with van der Waals surface area (Å²) in [4.78, 5) is 13.0. The summed E-state index contributed by atoms with van der Waals surface area (Å²) < 4.78 is 1.53. The summed E-state index contributed by atoms with van der Waals surface area (Å²) in [5, 5.41) is 33.6. The first-order valence-corrected chi connectivity index (χ1v) is 9.03. The van der Waals surface area contributed by atoms with Crippen LogP contribution in [0.5, 0.6) is 11.5 Å². The number of phenolic OH excluding ortho intramolecular Hbond substituents is 2. The van der Waals surface area contributed by atoms with E-state index in [1.807, 2.05) is 37.3 Å². The number of nitrogens with one attached hydrogen (secondary N) is 1. The van der Waals surface area contributed by atoms with Gasteiger partial charge in [-0.2, -0.15) is 0 Å². The number of hydrogen-bond donors (Lipinski definition) is 3. The predicted molar refractivity (Wildman–Crippen MR) is 103 cm³/mol. The molecule has 3 N–H and O–H groups in total. The fourth-order valence-corrected chi connectivity index (χ4v) is 3.09. The predicted octanol–water partition coefficient (Wildman–Crippen LogP) is 1.92. The van der Waals surface area contributed by atoms with Crippen molar-refractivity contribution in [3.8, 4) is 11.5 Å². The number of tetrazole rings is 1. The molecule has 0 bridgehead atoms. The van der Waals surface area contributed by atoms with Gasteiger partial charge < -0.3 is 15.5 Å². The Hall–Kier alpha value is -3.42. The molecule has 0 saturated carbocycles. The monoisotopic (exact) mass is 381 g/mol. The van der Waals surface area contributed by atoms with Crippen LogP contribution in [0.3, 0.4) is 0 Å². The van der Waals surface area contributed by atoms with Gasteiger partial charge >= 0.3 is 0 Å². The summed E-state index contributed by atoms with van der Waals surface area (Å²) in [6.45, 7) is 3.64. The molecule has 1 heterocycles. The van der Waals surface area contributed by atoms with E-state index in [1.165, 1.54) is 16.8 Å². The van der Waals surface area contributed by atoms with Gasteiger partial charge in [-0.05, 0) is 54.0 Å². The van der Waals surface area contributed by atoms with E-state index < -0.39 is 6.04 Å². The van der Waals surface area contributed by atoms with Gasteiger partial charge in [-0.25, -0.2) is 4.68 Å². The second kappa shape index (κ2) is 8.51. The zero-order valence-corrected chi connectivity index (χ0v) is 15.8. The lowest BCUT2D eigenvalue weighted by atomic mass is 10.0. The summed E-state index contributed by atoms with van der Waals surface area (Å²) in [5.41, 5.74) is 1.81. The molecule has 0 aliphatic heterocycles. The Kier molecular flexibility index (Phi) is 5.88. The van der Waals surface area contributed by atoms with Crippen molar-refractivity contribution in [3.63, 3.8) is 0 Å². The van der Waals surface area contributed by atoms with Crippen molar-refractivity contribution in [2.75, 3.05) is 0 Å². The van der Waals surface area contributed by atoms with E-state index in [2.05, 4.69) is 20.8 Å². The van der Waals surface area contributed by atoms with Crippen LogP contribution in [0, 0.1) is 6.92 Å². The maximum atomic E-state index is 13.0. The smallest absolute Gasteiger partial charge is 0.245 e. The van der Waals surface area contributed by atoms with Gasteiger partial charge in [0.1, 0.15) is 11.9 Å². The Balaban J connectivity index is 1.73. The summed E-state index contributed by atoms with van der Waals surface area (Å²) in [6.07, 6.45) is 0.970. The largest absolute Gasteiger partial charge is 0.504 e. The number of aryl methyl sites for hydroxylation is 1. The maximum Gasteiger partial charge on any atom is 0.245 e. The van der Waals surface area contributed by atoms with Crippen molar-refractivity contribution in [1.82, 2.24) is 25.5 Å².